The van der Waals surface area contributed by atoms with Crippen molar-refractivity contribution in [3.05, 3.63) is 63.7 Å². The summed E-state index contributed by atoms with van der Waals surface area (Å²) in [6.45, 7) is 4.00. The van der Waals surface area contributed by atoms with Crippen LogP contribution in [0.15, 0.2) is 42.9 Å². The van der Waals surface area contributed by atoms with Gasteiger partial charge in [-0.2, -0.15) is 5.10 Å². The summed E-state index contributed by atoms with van der Waals surface area (Å²) in [5.41, 5.74) is 4.12. The van der Waals surface area contributed by atoms with Crippen LogP contribution >= 0.6 is 11.3 Å². The maximum atomic E-state index is 12.9. The predicted octanol–water partition coefficient (Wildman–Crippen LogP) is 5.12. The lowest BCUT2D eigenvalue weighted by atomic mass is 9.99. The van der Waals surface area contributed by atoms with Gasteiger partial charge in [-0.15, -0.1) is 11.3 Å². The van der Waals surface area contributed by atoms with Gasteiger partial charge in [-0.3, -0.25) is 9.89 Å². The lowest BCUT2D eigenvalue weighted by Gasteiger charge is -2.17. The molecule has 1 aromatic carbocycles. The van der Waals surface area contributed by atoms with Crippen LogP contribution in [-0.4, -0.2) is 39.2 Å². The number of benzene rings is 1. The molecule has 0 saturated heterocycles. The summed E-state index contributed by atoms with van der Waals surface area (Å²) < 4.78 is 4.96. The van der Waals surface area contributed by atoms with E-state index in [0.29, 0.717) is 16.1 Å². The van der Waals surface area contributed by atoms with Crippen LogP contribution in [-0.2, 0) is 22.4 Å². The Morgan fingerprint density at radius 2 is 1.91 bits per heavy atom. The molecule has 9 heteroatoms. The van der Waals surface area contributed by atoms with Crippen molar-refractivity contribution < 1.29 is 17.2 Å². The van der Waals surface area contributed by atoms with E-state index in [0.717, 1.165) is 42.3 Å². The van der Waals surface area contributed by atoms with E-state index < -0.39 is 12.0 Å². The summed E-state index contributed by atoms with van der Waals surface area (Å²) in [6, 6.07) is 8.36. The van der Waals surface area contributed by atoms with E-state index in [2.05, 4.69) is 25.5 Å². The minimum atomic E-state index is -0.903. The van der Waals surface area contributed by atoms with Gasteiger partial charge in [0.1, 0.15) is 6.33 Å². The Bertz CT molecular complexity index is 1280. The van der Waals surface area contributed by atoms with Crippen LogP contribution in [0.1, 0.15) is 61.3 Å². The number of rotatable bonds is 5. The number of hydrogen-bond acceptors (Lipinski definition) is 7. The molecule has 0 aliphatic heterocycles. The van der Waals surface area contributed by atoms with Gasteiger partial charge in [-0.05, 0) is 42.9 Å². The molecule has 34 heavy (non-hydrogen) atoms. The minimum Gasteiger partial charge on any atom is -0.467 e. The average Bonchev–Trinajstić information content (AvgIpc) is 3.55. The highest BCUT2D eigenvalue weighted by Crippen LogP contribution is 2.30. The number of aromatic nitrogens is 4. The third-order valence-electron chi connectivity index (χ3n) is 5.70. The minimum absolute atomic E-state index is 0. The molecule has 1 aliphatic carbocycles. The molecule has 8 nitrogen and oxygen atoms in total. The number of aryl methyl sites for hydroxylation is 2. The largest absolute Gasteiger partial charge is 0.467 e. The Kier molecular flexibility index (Phi) is 7.32. The molecule has 3 heterocycles. The third kappa shape index (κ3) is 4.70. The summed E-state index contributed by atoms with van der Waals surface area (Å²) in [6.07, 6.45) is 7.48. The van der Waals surface area contributed by atoms with Crippen LogP contribution < -0.4 is 5.32 Å². The molecule has 0 fully saturated rings. The number of nitrogens with one attached hydrogen (secondary N) is 2. The van der Waals surface area contributed by atoms with E-state index in [1.807, 2.05) is 32.0 Å². The Morgan fingerprint density at radius 1 is 1.15 bits per heavy atom. The normalized spacial score (nSPS) is 13.4. The maximum absolute atomic E-state index is 12.9. The lowest BCUT2D eigenvalue weighted by molar-refractivity contribution is -0.143. The monoisotopic (exact) mass is 481 g/mol. The van der Waals surface area contributed by atoms with Gasteiger partial charge in [-0.1, -0.05) is 38.1 Å². The number of H-pyrrole nitrogens is 1. The van der Waals surface area contributed by atoms with Crippen molar-refractivity contribution in [2.75, 3.05) is 7.11 Å². The SMILES string of the molecule is CC.COC(=O)C(NC(=O)c1cc2c(s1)CCCC2)c1ccc(-c2ncnc3[nH]ncc23)cc1.[HH].[HH]. The second-order valence-electron chi connectivity index (χ2n) is 7.67. The summed E-state index contributed by atoms with van der Waals surface area (Å²) in [5, 5.41) is 10.5. The first-order valence-electron chi connectivity index (χ1n) is 11.4. The molecular weight excluding hydrogens is 450 g/mol. The Labute approximate surface area is 204 Å². The Morgan fingerprint density at radius 3 is 2.65 bits per heavy atom. The molecule has 0 spiro atoms. The van der Waals surface area contributed by atoms with E-state index in [4.69, 9.17) is 4.74 Å². The van der Waals surface area contributed by atoms with E-state index in [1.165, 1.54) is 35.2 Å². The zero-order chi connectivity index (χ0) is 24.1. The molecule has 5 rings (SSSR count). The zero-order valence-corrected chi connectivity index (χ0v) is 20.2. The molecule has 0 saturated carbocycles. The molecule has 1 aliphatic rings. The molecule has 0 bridgehead atoms. The number of carbonyl (C=O) groups excluding carboxylic acids is 2. The number of ether oxygens (including phenoxy) is 1. The van der Waals surface area contributed by atoms with Crippen molar-refractivity contribution >= 4 is 34.2 Å². The standard InChI is InChI=1S/C23H21N5O3S.C2H6.2H2/c1-31-23(30)20(27-22(29)18-10-15-4-2-3-5-17(15)32-18)14-8-6-13(7-9-14)19-16-11-26-28-21(16)25-12-24-19;1-2;;/h6-12,20H,2-5H2,1H3,(H,27,29)(H,24,25,26,28);1-2H3;2*1H. The van der Waals surface area contributed by atoms with Crippen LogP contribution in [0.2, 0.25) is 0 Å². The lowest BCUT2D eigenvalue weighted by Crippen LogP contribution is -2.34. The number of esters is 1. The number of methoxy groups -OCH3 is 1. The third-order valence-corrected chi connectivity index (χ3v) is 6.93. The zero-order valence-electron chi connectivity index (χ0n) is 19.4. The van der Waals surface area contributed by atoms with Crippen LogP contribution in [0.3, 0.4) is 0 Å². The van der Waals surface area contributed by atoms with Crippen molar-refractivity contribution in [3.8, 4) is 11.3 Å². The smallest absolute Gasteiger partial charge is 0.333 e. The van der Waals surface area contributed by atoms with Crippen molar-refractivity contribution in [1.82, 2.24) is 25.5 Å². The van der Waals surface area contributed by atoms with Gasteiger partial charge >= 0.3 is 5.97 Å². The van der Waals surface area contributed by atoms with Crippen molar-refractivity contribution in [2.45, 2.75) is 45.6 Å². The summed E-state index contributed by atoms with van der Waals surface area (Å²) in [5.74, 6) is -0.786. The van der Waals surface area contributed by atoms with Crippen LogP contribution in [0.25, 0.3) is 22.3 Å². The topological polar surface area (TPSA) is 110 Å². The van der Waals surface area contributed by atoms with Crippen molar-refractivity contribution in [2.24, 2.45) is 0 Å². The van der Waals surface area contributed by atoms with Crippen molar-refractivity contribution in [1.29, 1.82) is 0 Å². The Hall–Kier alpha value is -3.59. The van der Waals surface area contributed by atoms with Gasteiger partial charge in [0.05, 0.1) is 29.3 Å². The number of amides is 1. The van der Waals surface area contributed by atoms with E-state index in [-0.39, 0.29) is 8.76 Å². The Balaban J connectivity index is 0.00000111. The number of thiophene rings is 1. The van der Waals surface area contributed by atoms with Gasteiger partial charge in [-0.25, -0.2) is 14.8 Å². The van der Waals surface area contributed by atoms with E-state index >= 15 is 0 Å². The summed E-state index contributed by atoms with van der Waals surface area (Å²) >= 11 is 1.51. The first-order valence-corrected chi connectivity index (χ1v) is 12.2. The van der Waals surface area contributed by atoms with Gasteiger partial charge in [0.2, 0.25) is 0 Å². The van der Waals surface area contributed by atoms with E-state index in [9.17, 15) is 9.59 Å². The van der Waals surface area contributed by atoms with Gasteiger partial charge in [0.25, 0.3) is 5.91 Å². The molecular formula is C25H31N5O3S. The fourth-order valence-corrected chi connectivity index (χ4v) is 5.19. The number of hydrogen-bond donors (Lipinski definition) is 2. The van der Waals surface area contributed by atoms with Gasteiger partial charge in [0.15, 0.2) is 11.7 Å². The van der Waals surface area contributed by atoms with Crippen LogP contribution in [0.4, 0.5) is 0 Å². The molecule has 2 N–H and O–H groups in total. The molecule has 1 amide bonds. The molecule has 3 aromatic heterocycles. The highest BCUT2D eigenvalue weighted by atomic mass is 32.1. The second-order valence-corrected chi connectivity index (χ2v) is 8.81. The molecule has 0 radical (unpaired) electrons. The number of fused-ring (bicyclic) bond motifs is 2. The predicted molar refractivity (Wildman–Crippen MR) is 136 cm³/mol. The molecule has 180 valence electrons. The molecule has 1 atom stereocenters. The molecule has 1 unspecified atom stereocenters. The fraction of sp³-hybridized carbons (Fsp3) is 0.320. The highest BCUT2D eigenvalue weighted by Gasteiger charge is 2.26. The quantitative estimate of drug-likeness (QED) is 0.383. The van der Waals surface area contributed by atoms with Crippen LogP contribution in [0.5, 0.6) is 0 Å². The summed E-state index contributed by atoms with van der Waals surface area (Å²) in [4.78, 5) is 35.9. The first-order chi connectivity index (χ1) is 16.6. The average molecular weight is 482 g/mol. The second kappa shape index (κ2) is 10.6. The van der Waals surface area contributed by atoms with E-state index in [1.54, 1.807) is 18.3 Å². The fourth-order valence-electron chi connectivity index (χ4n) is 4.03. The van der Waals surface area contributed by atoms with Crippen LogP contribution in [0, 0.1) is 0 Å². The summed E-state index contributed by atoms with van der Waals surface area (Å²) in [7, 11) is 1.32. The van der Waals surface area contributed by atoms with Gasteiger partial charge in [0, 0.05) is 13.3 Å². The number of aromatic amines is 1. The van der Waals surface area contributed by atoms with Crippen molar-refractivity contribution in [3.63, 3.8) is 0 Å². The van der Waals surface area contributed by atoms with Gasteiger partial charge < -0.3 is 10.1 Å². The number of carbonyl (C=O) groups is 2. The highest BCUT2D eigenvalue weighted by molar-refractivity contribution is 7.14. The maximum Gasteiger partial charge on any atom is 0.333 e. The number of nitrogens with zero attached hydrogens (tertiary/aromatic N) is 3. The molecule has 4 aromatic rings. The first kappa shape index (κ1) is 23.6.